The van der Waals surface area contributed by atoms with Gasteiger partial charge in [-0.25, -0.2) is 9.37 Å². The molecule has 0 spiro atoms. The molecule has 0 amide bonds. The van der Waals surface area contributed by atoms with Crippen LogP contribution in [0.1, 0.15) is 106 Å². The van der Waals surface area contributed by atoms with Crippen LogP contribution in [0.4, 0.5) is 16.2 Å². The van der Waals surface area contributed by atoms with Gasteiger partial charge in [0.2, 0.25) is 5.95 Å². The highest BCUT2D eigenvalue weighted by Gasteiger charge is 2.32. The van der Waals surface area contributed by atoms with E-state index in [4.69, 9.17) is 9.97 Å². The van der Waals surface area contributed by atoms with Crippen LogP contribution >= 0.6 is 0 Å². The zero-order chi connectivity index (χ0) is 32.0. The Kier molecular flexibility index (Phi) is 10.5. The zero-order valence-corrected chi connectivity index (χ0v) is 27.4. The molecule has 248 valence electrons. The molecule has 0 radical (unpaired) electrons. The number of fused-ring (bicyclic) bond motifs is 1. The van der Waals surface area contributed by atoms with E-state index in [1.807, 2.05) is 16.9 Å². The lowest BCUT2D eigenvalue weighted by atomic mass is 9.78. The lowest BCUT2D eigenvalue weighted by molar-refractivity contribution is -0.143. The number of halogens is 1. The summed E-state index contributed by atoms with van der Waals surface area (Å²) in [6.07, 6.45) is 14.5. The number of nitrogens with zero attached hydrogens (tertiary/aromatic N) is 5. The summed E-state index contributed by atoms with van der Waals surface area (Å²) in [5.74, 6) is 0.971. The Labute approximate surface area is 272 Å². The van der Waals surface area contributed by atoms with E-state index in [-0.39, 0.29) is 29.7 Å². The van der Waals surface area contributed by atoms with Crippen LogP contribution in [0.2, 0.25) is 0 Å². The van der Waals surface area contributed by atoms with Crippen LogP contribution in [0.15, 0.2) is 36.7 Å². The van der Waals surface area contributed by atoms with Gasteiger partial charge in [0.05, 0.1) is 23.9 Å². The van der Waals surface area contributed by atoms with Crippen LogP contribution in [0.5, 0.6) is 0 Å². The third kappa shape index (κ3) is 7.70. The van der Waals surface area contributed by atoms with Gasteiger partial charge < -0.3 is 20.6 Å². The number of nitrogens with one attached hydrogen (secondary N) is 2. The molecule has 2 aliphatic carbocycles. The number of rotatable bonds is 12. The molecule has 6 rings (SSSR count). The average molecular weight is 632 g/mol. The number of aromatic nitrogens is 4. The van der Waals surface area contributed by atoms with Crippen LogP contribution in [0, 0.1) is 17.7 Å². The van der Waals surface area contributed by atoms with E-state index in [9.17, 15) is 14.3 Å². The highest BCUT2D eigenvalue weighted by atomic mass is 19.1. The maximum atomic E-state index is 14.2. The van der Waals surface area contributed by atoms with Gasteiger partial charge in [0.15, 0.2) is 0 Å². The number of anilines is 2. The molecule has 9 nitrogen and oxygen atoms in total. The molecule has 2 fully saturated rings. The molecule has 0 bridgehead atoms. The van der Waals surface area contributed by atoms with Gasteiger partial charge in [-0.15, -0.1) is 0 Å². The molecule has 1 aromatic carbocycles. The first-order valence-corrected chi connectivity index (χ1v) is 17.6. The summed E-state index contributed by atoms with van der Waals surface area (Å²) in [5.41, 5.74) is 4.34. The number of hydrogen-bond donors (Lipinski definition) is 3. The first-order chi connectivity index (χ1) is 22.4. The van der Waals surface area contributed by atoms with Crippen molar-refractivity contribution in [3.8, 4) is 0 Å². The van der Waals surface area contributed by atoms with E-state index in [1.54, 1.807) is 12.1 Å². The Morgan fingerprint density at radius 3 is 2.57 bits per heavy atom. The Morgan fingerprint density at radius 1 is 1.07 bits per heavy atom. The lowest BCUT2D eigenvalue weighted by Crippen LogP contribution is -2.36. The van der Waals surface area contributed by atoms with Crippen LogP contribution in [0.25, 0.3) is 0 Å². The molecule has 3 atom stereocenters. The molecular formula is C36H50FN7O2. The first kappa shape index (κ1) is 32.4. The highest BCUT2D eigenvalue weighted by Crippen LogP contribution is 2.38. The van der Waals surface area contributed by atoms with Crippen molar-refractivity contribution < 1.29 is 14.3 Å². The van der Waals surface area contributed by atoms with Gasteiger partial charge >= 0.3 is 5.97 Å². The molecule has 1 saturated carbocycles. The second-order valence-electron chi connectivity index (χ2n) is 13.6. The number of carboxylic acid groups (broad SMARTS) is 1. The van der Waals surface area contributed by atoms with E-state index in [0.29, 0.717) is 11.9 Å². The van der Waals surface area contributed by atoms with Crippen molar-refractivity contribution in [1.29, 1.82) is 0 Å². The van der Waals surface area contributed by atoms with Crippen LogP contribution < -0.4 is 10.6 Å². The third-order valence-corrected chi connectivity index (χ3v) is 10.6. The third-order valence-electron chi connectivity index (χ3n) is 10.6. The number of benzene rings is 1. The molecule has 1 saturated heterocycles. The van der Waals surface area contributed by atoms with Gasteiger partial charge in [-0.05, 0) is 114 Å². The second kappa shape index (κ2) is 14.9. The Bertz CT molecular complexity index is 1460. The molecular weight excluding hydrogens is 581 g/mol. The van der Waals surface area contributed by atoms with Crippen LogP contribution in [-0.2, 0) is 24.2 Å². The van der Waals surface area contributed by atoms with Crippen molar-refractivity contribution in [2.24, 2.45) is 11.8 Å². The summed E-state index contributed by atoms with van der Waals surface area (Å²) >= 11 is 0. The van der Waals surface area contributed by atoms with Crippen molar-refractivity contribution in [1.82, 2.24) is 24.6 Å². The standard InChI is InChI=1S/C36H50FN7O2/c1-3-31(24-11-13-25(14-12-24)35(45)46)40-36-41-32-16-15-27(26-9-8-10-29(37)19-26)20-30(32)34(42-36)39-33(23-43-17-6-5-7-18-43)28-21-38-44(4-2)22-28/h8-10,19,21-22,24-25,27,31,33H,3-7,11-18,20,23H2,1-2H3,(H,45,46)(H2,39,40,41,42)/t24?,25?,27-,31-,33+/m1/s1. The van der Waals surface area contributed by atoms with Crippen molar-refractivity contribution in [2.75, 3.05) is 30.3 Å². The number of likely N-dealkylation sites (tertiary alicyclic amines) is 1. The smallest absolute Gasteiger partial charge is 0.306 e. The maximum Gasteiger partial charge on any atom is 0.306 e. The van der Waals surface area contributed by atoms with Gasteiger partial charge in [-0.2, -0.15) is 10.1 Å². The van der Waals surface area contributed by atoms with Gasteiger partial charge in [0.25, 0.3) is 0 Å². The Morgan fingerprint density at radius 2 is 1.87 bits per heavy atom. The first-order valence-electron chi connectivity index (χ1n) is 17.6. The van der Waals surface area contributed by atoms with Gasteiger partial charge in [-0.1, -0.05) is 25.5 Å². The fourth-order valence-electron chi connectivity index (χ4n) is 7.86. The number of carbonyl (C=O) groups is 1. The van der Waals surface area contributed by atoms with E-state index in [1.165, 1.54) is 25.3 Å². The predicted molar refractivity (Wildman–Crippen MR) is 179 cm³/mol. The summed E-state index contributed by atoms with van der Waals surface area (Å²) < 4.78 is 16.2. The molecule has 3 aromatic rings. The minimum atomic E-state index is -0.673. The Hall–Kier alpha value is -3.53. The SMILES string of the molecule is CC[C@@H](Nc1nc2c(c(N[C@@H](CN3CCCCC3)c3cnn(CC)c3)n1)C[C@H](c1cccc(F)c1)CC2)C1CCC(C(=O)O)CC1. The molecule has 3 N–H and O–H groups in total. The molecule has 10 heteroatoms. The second-order valence-corrected chi connectivity index (χ2v) is 13.6. The number of hydrogen-bond acceptors (Lipinski definition) is 7. The van der Waals surface area contributed by atoms with E-state index >= 15 is 0 Å². The van der Waals surface area contributed by atoms with Gasteiger partial charge in [0, 0.05) is 36.5 Å². The molecule has 1 aliphatic heterocycles. The zero-order valence-electron chi connectivity index (χ0n) is 27.4. The van der Waals surface area contributed by atoms with Crippen molar-refractivity contribution in [2.45, 2.75) is 109 Å². The summed E-state index contributed by atoms with van der Waals surface area (Å²) in [7, 11) is 0. The molecule has 3 aliphatic rings. The fourth-order valence-corrected chi connectivity index (χ4v) is 7.86. The number of carboxylic acids is 1. The normalized spacial score (nSPS) is 23.3. The predicted octanol–water partition coefficient (Wildman–Crippen LogP) is 6.83. The topological polar surface area (TPSA) is 108 Å². The largest absolute Gasteiger partial charge is 0.481 e. The lowest BCUT2D eigenvalue weighted by Gasteiger charge is -2.34. The summed E-state index contributed by atoms with van der Waals surface area (Å²) in [5, 5.41) is 21.7. The quantitative estimate of drug-likeness (QED) is 0.200. The van der Waals surface area contributed by atoms with E-state index in [0.717, 1.165) is 106 Å². The molecule has 0 unspecified atom stereocenters. The average Bonchev–Trinajstić information content (AvgIpc) is 3.57. The molecule has 46 heavy (non-hydrogen) atoms. The highest BCUT2D eigenvalue weighted by molar-refractivity contribution is 5.70. The maximum absolute atomic E-state index is 14.2. The summed E-state index contributed by atoms with van der Waals surface area (Å²) in [6, 6.07) is 7.20. The van der Waals surface area contributed by atoms with E-state index < -0.39 is 5.97 Å². The van der Waals surface area contributed by atoms with Crippen molar-refractivity contribution in [3.05, 3.63) is 64.9 Å². The number of aryl methyl sites for hydroxylation is 2. The summed E-state index contributed by atoms with van der Waals surface area (Å²) in [4.78, 5) is 24.4. The van der Waals surface area contributed by atoms with Crippen LogP contribution in [0.3, 0.4) is 0 Å². The van der Waals surface area contributed by atoms with Gasteiger partial charge in [0.1, 0.15) is 11.6 Å². The minimum absolute atomic E-state index is 0.00747. The number of piperidine rings is 1. The monoisotopic (exact) mass is 631 g/mol. The molecule has 2 aromatic heterocycles. The van der Waals surface area contributed by atoms with Crippen molar-refractivity contribution in [3.63, 3.8) is 0 Å². The van der Waals surface area contributed by atoms with Crippen LogP contribution in [-0.4, -0.2) is 61.4 Å². The number of aliphatic carboxylic acids is 1. The van der Waals surface area contributed by atoms with Crippen molar-refractivity contribution >= 4 is 17.7 Å². The minimum Gasteiger partial charge on any atom is -0.481 e. The van der Waals surface area contributed by atoms with Gasteiger partial charge in [-0.3, -0.25) is 9.48 Å². The van der Waals surface area contributed by atoms with E-state index in [2.05, 4.69) is 40.7 Å². The Balaban J connectivity index is 1.31. The fraction of sp³-hybridized carbons (Fsp3) is 0.611. The summed E-state index contributed by atoms with van der Waals surface area (Å²) in [6.45, 7) is 8.16. The molecule has 3 heterocycles.